The van der Waals surface area contributed by atoms with Gasteiger partial charge in [-0.25, -0.2) is 0 Å². The number of methoxy groups -OCH3 is 1. The number of halogens is 3. The van der Waals surface area contributed by atoms with Crippen LogP contribution >= 0.6 is 34.8 Å². The lowest BCUT2D eigenvalue weighted by Crippen LogP contribution is -2.63. The molecular formula is C19H23Cl3N2O. The van der Waals surface area contributed by atoms with E-state index in [0.29, 0.717) is 28.5 Å². The van der Waals surface area contributed by atoms with Gasteiger partial charge in [0.05, 0.1) is 29.4 Å². The fourth-order valence-electron chi connectivity index (χ4n) is 3.89. The fourth-order valence-corrected chi connectivity index (χ4v) is 4.68. The predicted octanol–water partition coefficient (Wildman–Crippen LogP) is 4.73. The average molecular weight is 402 g/mol. The van der Waals surface area contributed by atoms with Gasteiger partial charge in [-0.05, 0) is 30.2 Å². The zero-order valence-corrected chi connectivity index (χ0v) is 16.7. The molecule has 2 unspecified atom stereocenters. The minimum absolute atomic E-state index is 0.202. The van der Waals surface area contributed by atoms with Crippen LogP contribution in [0.25, 0.3) is 0 Å². The second-order valence-corrected chi connectivity index (χ2v) is 7.92. The molecule has 1 aliphatic carbocycles. The maximum atomic E-state index is 6.52. The van der Waals surface area contributed by atoms with Crippen LogP contribution in [0.4, 0.5) is 5.69 Å². The van der Waals surface area contributed by atoms with Gasteiger partial charge in [-0.2, -0.15) is 0 Å². The average Bonchev–Trinajstić information content (AvgIpc) is 2.56. The van der Waals surface area contributed by atoms with Gasteiger partial charge in [0.2, 0.25) is 0 Å². The van der Waals surface area contributed by atoms with Gasteiger partial charge in [-0.3, -0.25) is 0 Å². The van der Waals surface area contributed by atoms with Crippen molar-refractivity contribution in [2.24, 2.45) is 11.8 Å². The number of benzene rings is 1. The summed E-state index contributed by atoms with van der Waals surface area (Å²) < 4.78 is 5.48. The molecule has 3 rings (SSSR count). The Hall–Kier alpha value is -0.710. The standard InChI is InChI=1S/C19H23Cl3N2O/c1-12-9-13(20)3-5-15(12)19-17(11-25-2)23-7-8-24(19)18-6-4-14(21)10-16(18)22/h3-6,9-10,12,15,17,19,23H,7-8,11H2,1-2H3/t12?,15?,17-,19+/m1/s1. The highest BCUT2D eigenvalue weighted by atomic mass is 35.5. The molecule has 3 nitrogen and oxygen atoms in total. The third-order valence-electron chi connectivity index (χ3n) is 5.00. The third-order valence-corrected chi connectivity index (χ3v) is 5.79. The number of ether oxygens (including phenoxy) is 1. The predicted molar refractivity (Wildman–Crippen MR) is 107 cm³/mol. The van der Waals surface area contributed by atoms with Gasteiger partial charge in [0.15, 0.2) is 0 Å². The molecule has 2 aliphatic rings. The molecule has 0 amide bonds. The summed E-state index contributed by atoms with van der Waals surface area (Å²) in [5.74, 6) is 0.637. The molecule has 0 saturated carbocycles. The normalized spacial score (nSPS) is 29.6. The molecule has 1 aromatic rings. The van der Waals surface area contributed by atoms with Crippen molar-refractivity contribution in [2.75, 3.05) is 31.7 Å². The molecule has 4 atom stereocenters. The summed E-state index contributed by atoms with van der Waals surface area (Å²) in [5, 5.41) is 5.73. The van der Waals surface area contributed by atoms with Crippen molar-refractivity contribution in [3.63, 3.8) is 0 Å². The van der Waals surface area contributed by atoms with Crippen molar-refractivity contribution in [3.8, 4) is 0 Å². The van der Waals surface area contributed by atoms with E-state index < -0.39 is 0 Å². The Kier molecular flexibility index (Phi) is 6.35. The van der Waals surface area contributed by atoms with Gasteiger partial charge in [-0.15, -0.1) is 0 Å². The monoisotopic (exact) mass is 400 g/mol. The largest absolute Gasteiger partial charge is 0.383 e. The van der Waals surface area contributed by atoms with Crippen LogP contribution in [0.5, 0.6) is 0 Å². The quantitative estimate of drug-likeness (QED) is 0.789. The maximum Gasteiger partial charge on any atom is 0.0654 e. The topological polar surface area (TPSA) is 24.5 Å². The molecule has 0 spiro atoms. The van der Waals surface area contributed by atoms with Crippen LogP contribution < -0.4 is 10.2 Å². The first-order valence-corrected chi connectivity index (χ1v) is 9.64. The summed E-state index contributed by atoms with van der Waals surface area (Å²) in [4.78, 5) is 2.39. The molecule has 1 saturated heterocycles. The number of hydrogen-bond acceptors (Lipinski definition) is 3. The van der Waals surface area contributed by atoms with Crippen molar-refractivity contribution >= 4 is 40.5 Å². The molecule has 6 heteroatoms. The fraction of sp³-hybridized carbons (Fsp3) is 0.474. The van der Waals surface area contributed by atoms with Gasteiger partial charge in [-0.1, -0.05) is 53.9 Å². The number of allylic oxidation sites excluding steroid dienone is 3. The molecule has 1 aromatic carbocycles. The Balaban J connectivity index is 1.98. The van der Waals surface area contributed by atoms with Crippen molar-refractivity contribution < 1.29 is 4.74 Å². The van der Waals surface area contributed by atoms with Crippen LogP contribution in [0, 0.1) is 11.8 Å². The first-order valence-electron chi connectivity index (χ1n) is 8.51. The van der Waals surface area contributed by atoms with Crippen molar-refractivity contribution in [2.45, 2.75) is 19.0 Å². The zero-order valence-electron chi connectivity index (χ0n) is 14.4. The van der Waals surface area contributed by atoms with Crippen molar-refractivity contribution in [1.29, 1.82) is 0 Å². The van der Waals surface area contributed by atoms with Gasteiger partial charge < -0.3 is 15.0 Å². The van der Waals surface area contributed by atoms with E-state index >= 15 is 0 Å². The van der Waals surface area contributed by atoms with E-state index in [2.05, 4.69) is 29.3 Å². The van der Waals surface area contributed by atoms with E-state index in [1.165, 1.54) is 0 Å². The minimum atomic E-state index is 0.202. The summed E-state index contributed by atoms with van der Waals surface area (Å²) in [7, 11) is 1.74. The number of nitrogens with one attached hydrogen (secondary N) is 1. The van der Waals surface area contributed by atoms with E-state index in [1.54, 1.807) is 13.2 Å². The Morgan fingerprint density at radius 2 is 2.08 bits per heavy atom. The van der Waals surface area contributed by atoms with E-state index in [9.17, 15) is 0 Å². The molecule has 0 radical (unpaired) electrons. The van der Waals surface area contributed by atoms with Gasteiger partial charge in [0.25, 0.3) is 0 Å². The molecular weight excluding hydrogens is 379 g/mol. The lowest BCUT2D eigenvalue weighted by Gasteiger charge is -2.48. The summed E-state index contributed by atoms with van der Waals surface area (Å²) in [5.41, 5.74) is 1.01. The summed E-state index contributed by atoms with van der Waals surface area (Å²) in [6.45, 7) is 4.60. The second kappa shape index (κ2) is 8.32. The molecule has 1 N–H and O–H groups in total. The highest BCUT2D eigenvalue weighted by Crippen LogP contribution is 2.37. The number of nitrogens with zero attached hydrogens (tertiary/aromatic N) is 1. The van der Waals surface area contributed by atoms with E-state index in [1.807, 2.05) is 18.2 Å². The lowest BCUT2D eigenvalue weighted by molar-refractivity contribution is 0.131. The first kappa shape index (κ1) is 19.1. The van der Waals surface area contributed by atoms with Gasteiger partial charge in [0, 0.05) is 36.2 Å². The van der Waals surface area contributed by atoms with Gasteiger partial charge >= 0.3 is 0 Å². The molecule has 1 aliphatic heterocycles. The summed E-state index contributed by atoms with van der Waals surface area (Å²) in [6.07, 6.45) is 6.32. The number of rotatable bonds is 4. The highest BCUT2D eigenvalue weighted by molar-refractivity contribution is 6.36. The summed E-state index contributed by atoms with van der Waals surface area (Å²) >= 11 is 18.8. The number of piperazine rings is 1. The van der Waals surface area contributed by atoms with Crippen LogP contribution in [0.1, 0.15) is 6.92 Å². The third kappa shape index (κ3) is 4.17. The summed E-state index contributed by atoms with van der Waals surface area (Å²) in [6, 6.07) is 6.11. The van der Waals surface area contributed by atoms with Crippen LogP contribution in [-0.4, -0.2) is 38.9 Å². The van der Waals surface area contributed by atoms with Crippen LogP contribution in [0.3, 0.4) is 0 Å². The molecule has 136 valence electrons. The Labute approximate surface area is 164 Å². The van der Waals surface area contributed by atoms with Crippen LogP contribution in [-0.2, 0) is 4.74 Å². The molecule has 25 heavy (non-hydrogen) atoms. The van der Waals surface area contributed by atoms with E-state index in [-0.39, 0.29) is 12.1 Å². The second-order valence-electron chi connectivity index (χ2n) is 6.64. The Morgan fingerprint density at radius 1 is 1.28 bits per heavy atom. The number of anilines is 1. The molecule has 0 aromatic heterocycles. The Bertz CT molecular complexity index is 675. The van der Waals surface area contributed by atoms with Crippen LogP contribution in [0.15, 0.2) is 41.5 Å². The van der Waals surface area contributed by atoms with Crippen molar-refractivity contribution in [3.05, 3.63) is 51.5 Å². The maximum absolute atomic E-state index is 6.52. The lowest BCUT2D eigenvalue weighted by atomic mass is 9.79. The Morgan fingerprint density at radius 3 is 2.76 bits per heavy atom. The van der Waals surface area contributed by atoms with Gasteiger partial charge in [0.1, 0.15) is 0 Å². The molecule has 1 heterocycles. The smallest absolute Gasteiger partial charge is 0.0654 e. The van der Waals surface area contributed by atoms with E-state index in [4.69, 9.17) is 39.5 Å². The SMILES string of the molecule is COC[C@H]1NCCN(c2ccc(Cl)cc2Cl)[C@H]1C1C=CC(Cl)=CC1C. The zero-order chi connectivity index (χ0) is 18.0. The minimum Gasteiger partial charge on any atom is -0.383 e. The first-order chi connectivity index (χ1) is 12.0. The molecule has 0 bridgehead atoms. The van der Waals surface area contributed by atoms with Crippen molar-refractivity contribution in [1.82, 2.24) is 5.32 Å². The van der Waals surface area contributed by atoms with Crippen LogP contribution in [0.2, 0.25) is 10.0 Å². The highest BCUT2D eigenvalue weighted by Gasteiger charge is 2.39. The number of hydrogen-bond donors (Lipinski definition) is 1. The molecule has 1 fully saturated rings. The van der Waals surface area contributed by atoms with E-state index in [0.717, 1.165) is 23.8 Å².